The van der Waals surface area contributed by atoms with Crippen LogP contribution in [0.25, 0.3) is 0 Å². The van der Waals surface area contributed by atoms with Crippen molar-refractivity contribution in [3.05, 3.63) is 23.5 Å². The molecule has 0 saturated carbocycles. The van der Waals surface area contributed by atoms with E-state index in [2.05, 4.69) is 10.3 Å². The number of carbonyl (C=O) groups is 3. The molecule has 0 radical (unpaired) electrons. The fourth-order valence-corrected chi connectivity index (χ4v) is 1.15. The Bertz CT molecular complexity index is 489. The van der Waals surface area contributed by atoms with Crippen LogP contribution in [0.4, 0.5) is 0 Å². The number of rotatable bonds is 5. The number of aromatic nitrogens is 1. The van der Waals surface area contributed by atoms with Crippen LogP contribution in [0.15, 0.2) is 12.3 Å². The number of carbonyl (C=O) groups excluding carboxylic acids is 2. The molecule has 98 valence electrons. The van der Waals surface area contributed by atoms with Gasteiger partial charge in [-0.2, -0.15) is 0 Å². The van der Waals surface area contributed by atoms with E-state index in [9.17, 15) is 19.5 Å². The standard InChI is InChI=1S/C11H14N2O5/c1-6(14)7-3-8(12-4-7)9(15)13-5-11(2,18)10(16)17/h3-4,12,18H,5H2,1-2H3,(H,13,15)(H,16,17). The summed E-state index contributed by atoms with van der Waals surface area (Å²) in [6.45, 7) is 2.00. The summed E-state index contributed by atoms with van der Waals surface area (Å²) < 4.78 is 0. The van der Waals surface area contributed by atoms with Crippen LogP contribution in [0.5, 0.6) is 0 Å². The highest BCUT2D eigenvalue weighted by molar-refractivity contribution is 5.99. The van der Waals surface area contributed by atoms with Crippen molar-refractivity contribution in [3.8, 4) is 0 Å². The van der Waals surface area contributed by atoms with Gasteiger partial charge in [-0.3, -0.25) is 9.59 Å². The maximum Gasteiger partial charge on any atom is 0.337 e. The molecule has 0 spiro atoms. The van der Waals surface area contributed by atoms with Crippen LogP contribution in [-0.2, 0) is 4.79 Å². The van der Waals surface area contributed by atoms with Crippen molar-refractivity contribution in [1.29, 1.82) is 0 Å². The van der Waals surface area contributed by atoms with Crippen LogP contribution in [0.2, 0.25) is 0 Å². The van der Waals surface area contributed by atoms with Gasteiger partial charge in [-0.1, -0.05) is 0 Å². The topological polar surface area (TPSA) is 119 Å². The number of hydrogen-bond donors (Lipinski definition) is 4. The maximum atomic E-state index is 11.6. The Morgan fingerprint density at radius 3 is 2.50 bits per heavy atom. The Kier molecular flexibility index (Phi) is 3.87. The molecule has 7 heteroatoms. The molecular formula is C11H14N2O5. The maximum absolute atomic E-state index is 11.6. The molecule has 0 bridgehead atoms. The summed E-state index contributed by atoms with van der Waals surface area (Å²) in [5.41, 5.74) is -1.56. The third kappa shape index (κ3) is 3.17. The monoisotopic (exact) mass is 254 g/mol. The molecule has 1 rings (SSSR count). The molecule has 18 heavy (non-hydrogen) atoms. The Morgan fingerprint density at radius 2 is 2.06 bits per heavy atom. The number of H-pyrrole nitrogens is 1. The molecule has 1 atom stereocenters. The lowest BCUT2D eigenvalue weighted by molar-refractivity contribution is -0.155. The molecule has 1 aromatic rings. The quantitative estimate of drug-likeness (QED) is 0.542. The number of carboxylic acids is 1. The lowest BCUT2D eigenvalue weighted by Crippen LogP contribution is -2.46. The van der Waals surface area contributed by atoms with Gasteiger partial charge in [0.05, 0.1) is 6.54 Å². The number of nitrogens with one attached hydrogen (secondary N) is 2. The first kappa shape index (κ1) is 13.9. The number of aromatic amines is 1. The van der Waals surface area contributed by atoms with Crippen molar-refractivity contribution in [1.82, 2.24) is 10.3 Å². The third-order valence-electron chi connectivity index (χ3n) is 2.39. The van der Waals surface area contributed by atoms with E-state index in [1.54, 1.807) is 0 Å². The first-order valence-corrected chi connectivity index (χ1v) is 5.17. The zero-order valence-electron chi connectivity index (χ0n) is 9.98. The minimum atomic E-state index is -2.04. The molecule has 1 unspecified atom stereocenters. The number of aliphatic hydroxyl groups is 1. The van der Waals surface area contributed by atoms with Crippen molar-refractivity contribution < 1.29 is 24.6 Å². The van der Waals surface area contributed by atoms with E-state index in [0.29, 0.717) is 5.56 Å². The number of Topliss-reactive ketones (excluding diaryl/α,β-unsaturated/α-hetero) is 1. The van der Waals surface area contributed by atoms with Gasteiger partial charge in [-0.15, -0.1) is 0 Å². The van der Waals surface area contributed by atoms with Gasteiger partial charge in [-0.25, -0.2) is 4.79 Å². The molecule has 0 aromatic carbocycles. The van der Waals surface area contributed by atoms with Gasteiger partial charge in [0.2, 0.25) is 0 Å². The first-order chi connectivity index (χ1) is 8.24. The molecule has 0 aliphatic rings. The zero-order valence-corrected chi connectivity index (χ0v) is 9.98. The van der Waals surface area contributed by atoms with Crippen LogP contribution >= 0.6 is 0 Å². The van der Waals surface area contributed by atoms with E-state index in [1.807, 2.05) is 0 Å². The molecule has 1 aromatic heterocycles. The van der Waals surface area contributed by atoms with Gasteiger partial charge < -0.3 is 20.5 Å². The van der Waals surface area contributed by atoms with Crippen molar-refractivity contribution in [3.63, 3.8) is 0 Å². The van der Waals surface area contributed by atoms with E-state index in [1.165, 1.54) is 19.2 Å². The second kappa shape index (κ2) is 5.01. The average molecular weight is 254 g/mol. The molecule has 7 nitrogen and oxygen atoms in total. The second-order valence-corrected chi connectivity index (χ2v) is 4.12. The smallest absolute Gasteiger partial charge is 0.337 e. The molecule has 0 saturated heterocycles. The fraction of sp³-hybridized carbons (Fsp3) is 0.364. The molecule has 1 amide bonds. The number of hydrogen-bond acceptors (Lipinski definition) is 4. The zero-order chi connectivity index (χ0) is 13.9. The summed E-state index contributed by atoms with van der Waals surface area (Å²) in [5.74, 6) is -2.22. The predicted molar refractivity (Wildman–Crippen MR) is 61.4 cm³/mol. The highest BCUT2D eigenvalue weighted by Gasteiger charge is 2.30. The predicted octanol–water partition coefficient (Wildman–Crippen LogP) is -0.217. The van der Waals surface area contributed by atoms with Crippen LogP contribution in [-0.4, -0.2) is 45.0 Å². The third-order valence-corrected chi connectivity index (χ3v) is 2.39. The molecular weight excluding hydrogens is 240 g/mol. The van der Waals surface area contributed by atoms with Crippen LogP contribution < -0.4 is 5.32 Å². The van der Waals surface area contributed by atoms with Crippen molar-refractivity contribution >= 4 is 17.7 Å². The van der Waals surface area contributed by atoms with Crippen LogP contribution in [0.3, 0.4) is 0 Å². The Balaban J connectivity index is 2.66. The highest BCUT2D eigenvalue weighted by Crippen LogP contribution is 2.05. The highest BCUT2D eigenvalue weighted by atomic mass is 16.4. The lowest BCUT2D eigenvalue weighted by Gasteiger charge is -2.17. The number of carboxylic acid groups (broad SMARTS) is 1. The largest absolute Gasteiger partial charge is 0.479 e. The van der Waals surface area contributed by atoms with Crippen LogP contribution in [0, 0.1) is 0 Å². The van der Waals surface area contributed by atoms with Gasteiger partial charge in [0, 0.05) is 11.8 Å². The van der Waals surface area contributed by atoms with Crippen molar-refractivity contribution in [2.75, 3.05) is 6.54 Å². The molecule has 0 aliphatic carbocycles. The van der Waals surface area contributed by atoms with E-state index in [0.717, 1.165) is 6.92 Å². The summed E-state index contributed by atoms with van der Waals surface area (Å²) in [6.07, 6.45) is 1.38. The second-order valence-electron chi connectivity index (χ2n) is 4.12. The molecule has 1 heterocycles. The minimum Gasteiger partial charge on any atom is -0.479 e. The first-order valence-electron chi connectivity index (χ1n) is 5.17. The average Bonchev–Trinajstić information content (AvgIpc) is 2.75. The van der Waals surface area contributed by atoms with Gasteiger partial charge in [-0.05, 0) is 19.9 Å². The van der Waals surface area contributed by atoms with E-state index < -0.39 is 24.0 Å². The SMILES string of the molecule is CC(=O)c1c[nH]c(C(=O)NCC(C)(O)C(=O)O)c1. The lowest BCUT2D eigenvalue weighted by atomic mass is 10.1. The van der Waals surface area contributed by atoms with Crippen molar-refractivity contribution in [2.24, 2.45) is 0 Å². The normalized spacial score (nSPS) is 13.7. The fourth-order valence-electron chi connectivity index (χ4n) is 1.15. The summed E-state index contributed by atoms with van der Waals surface area (Å²) in [4.78, 5) is 35.8. The van der Waals surface area contributed by atoms with Gasteiger partial charge >= 0.3 is 5.97 Å². The number of ketones is 1. The Labute approximate surface area is 103 Å². The van der Waals surface area contributed by atoms with E-state index in [4.69, 9.17) is 5.11 Å². The van der Waals surface area contributed by atoms with Gasteiger partial charge in [0.15, 0.2) is 11.4 Å². The van der Waals surface area contributed by atoms with Crippen LogP contribution in [0.1, 0.15) is 34.7 Å². The molecule has 0 aliphatic heterocycles. The Hall–Kier alpha value is -2.15. The number of aliphatic carboxylic acids is 1. The number of amides is 1. The summed E-state index contributed by atoms with van der Waals surface area (Å²) in [5, 5.41) is 20.3. The summed E-state index contributed by atoms with van der Waals surface area (Å²) in [7, 11) is 0. The van der Waals surface area contributed by atoms with Gasteiger partial charge in [0.25, 0.3) is 5.91 Å². The van der Waals surface area contributed by atoms with E-state index >= 15 is 0 Å². The summed E-state index contributed by atoms with van der Waals surface area (Å²) >= 11 is 0. The summed E-state index contributed by atoms with van der Waals surface area (Å²) in [6, 6.07) is 1.35. The molecule has 0 fully saturated rings. The van der Waals surface area contributed by atoms with Gasteiger partial charge in [0.1, 0.15) is 5.69 Å². The van der Waals surface area contributed by atoms with E-state index in [-0.39, 0.29) is 11.5 Å². The molecule has 4 N–H and O–H groups in total. The van der Waals surface area contributed by atoms with Crippen molar-refractivity contribution in [2.45, 2.75) is 19.4 Å². The Morgan fingerprint density at radius 1 is 1.44 bits per heavy atom. The minimum absolute atomic E-state index is 0.126.